The molecule has 0 aliphatic rings. The maximum Gasteiger partial charge on any atom is 0.296 e. The number of carbonyl (C=O) groups excluding carboxylic acids is 1. The van der Waals surface area contributed by atoms with Crippen LogP contribution >= 0.6 is 11.3 Å². The molecule has 0 bridgehead atoms. The van der Waals surface area contributed by atoms with E-state index in [9.17, 15) is 4.79 Å². The number of fused-ring (bicyclic) bond motifs is 1. The second kappa shape index (κ2) is 7.16. The minimum atomic E-state index is -0.223. The molecule has 136 valence electrons. The number of hydrogen-bond donors (Lipinski definition) is 0. The Bertz CT molecular complexity index is 1090. The fourth-order valence-electron chi connectivity index (χ4n) is 2.71. The monoisotopic (exact) mass is 379 g/mol. The minimum Gasteiger partial charge on any atom is -0.497 e. The summed E-state index contributed by atoms with van der Waals surface area (Å²) >= 11 is 1.45. The molecular weight excluding hydrogens is 362 g/mol. The number of pyridine rings is 1. The number of thiazole rings is 1. The van der Waals surface area contributed by atoms with E-state index in [2.05, 4.69) is 15.0 Å². The molecule has 27 heavy (non-hydrogen) atoms. The molecule has 0 aliphatic heterocycles. The Morgan fingerprint density at radius 3 is 2.81 bits per heavy atom. The van der Waals surface area contributed by atoms with E-state index in [1.165, 1.54) is 11.3 Å². The van der Waals surface area contributed by atoms with E-state index in [0.29, 0.717) is 17.5 Å². The van der Waals surface area contributed by atoms with E-state index in [4.69, 9.17) is 4.74 Å². The molecule has 0 fully saturated rings. The number of carbonyl (C=O) groups is 1. The van der Waals surface area contributed by atoms with Crippen LogP contribution in [0.4, 0.5) is 5.13 Å². The van der Waals surface area contributed by atoms with Gasteiger partial charge in [-0.2, -0.15) is 0 Å². The lowest BCUT2D eigenvalue weighted by Crippen LogP contribution is -2.32. The predicted octanol–water partition coefficient (Wildman–Crippen LogP) is 3.28. The molecule has 8 heteroatoms. The number of amides is 1. The minimum absolute atomic E-state index is 0.223. The Morgan fingerprint density at radius 2 is 2.11 bits per heavy atom. The number of rotatable bonds is 5. The van der Waals surface area contributed by atoms with Gasteiger partial charge >= 0.3 is 0 Å². The zero-order chi connectivity index (χ0) is 18.8. The van der Waals surface area contributed by atoms with Crippen LogP contribution in [-0.2, 0) is 13.6 Å². The van der Waals surface area contributed by atoms with E-state index in [1.54, 1.807) is 42.2 Å². The molecule has 0 atom stereocenters. The molecule has 1 aromatic carbocycles. The molecule has 7 nitrogen and oxygen atoms in total. The van der Waals surface area contributed by atoms with Gasteiger partial charge in [0.2, 0.25) is 0 Å². The fraction of sp³-hybridized carbons (Fsp3) is 0.158. The number of benzene rings is 1. The van der Waals surface area contributed by atoms with Gasteiger partial charge in [-0.25, -0.2) is 9.97 Å². The highest BCUT2D eigenvalue weighted by atomic mass is 32.1. The average Bonchev–Trinajstić information content (AvgIpc) is 3.31. The molecule has 3 aromatic heterocycles. The van der Waals surface area contributed by atoms with Gasteiger partial charge in [0.1, 0.15) is 5.75 Å². The topological polar surface area (TPSA) is 73.1 Å². The van der Waals surface area contributed by atoms with Gasteiger partial charge < -0.3 is 9.30 Å². The Labute approximate surface area is 159 Å². The van der Waals surface area contributed by atoms with E-state index in [-0.39, 0.29) is 5.91 Å². The first-order valence-corrected chi connectivity index (χ1v) is 9.11. The number of aryl methyl sites for hydroxylation is 1. The van der Waals surface area contributed by atoms with Crippen LogP contribution in [0.25, 0.3) is 10.2 Å². The molecule has 4 rings (SSSR count). The second-order valence-corrected chi connectivity index (χ2v) is 6.91. The number of imidazole rings is 1. The lowest BCUT2D eigenvalue weighted by atomic mass is 10.3. The Balaban J connectivity index is 1.77. The summed E-state index contributed by atoms with van der Waals surface area (Å²) in [4.78, 5) is 28.0. The summed E-state index contributed by atoms with van der Waals surface area (Å²) in [5, 5.41) is 0.594. The van der Waals surface area contributed by atoms with Crippen molar-refractivity contribution in [3.63, 3.8) is 0 Å². The summed E-state index contributed by atoms with van der Waals surface area (Å²) in [5.74, 6) is 0.855. The van der Waals surface area contributed by atoms with Crippen molar-refractivity contribution in [1.82, 2.24) is 19.5 Å². The van der Waals surface area contributed by atoms with E-state index in [1.807, 2.05) is 36.4 Å². The van der Waals surface area contributed by atoms with Crippen molar-refractivity contribution in [3.8, 4) is 5.75 Å². The number of hydrogen-bond acceptors (Lipinski definition) is 6. The molecule has 0 saturated carbocycles. The van der Waals surface area contributed by atoms with Crippen molar-refractivity contribution in [2.24, 2.45) is 7.05 Å². The van der Waals surface area contributed by atoms with Gasteiger partial charge in [-0.1, -0.05) is 17.4 Å². The van der Waals surface area contributed by atoms with Crippen LogP contribution in [-0.4, -0.2) is 32.5 Å². The lowest BCUT2D eigenvalue weighted by molar-refractivity contribution is 0.0972. The molecule has 0 N–H and O–H groups in total. The smallest absolute Gasteiger partial charge is 0.296 e. The number of anilines is 1. The highest BCUT2D eigenvalue weighted by molar-refractivity contribution is 7.22. The van der Waals surface area contributed by atoms with E-state index >= 15 is 0 Å². The maximum atomic E-state index is 13.2. The Kier molecular flexibility index (Phi) is 4.55. The quantitative estimate of drug-likeness (QED) is 0.532. The van der Waals surface area contributed by atoms with Crippen molar-refractivity contribution in [3.05, 3.63) is 66.5 Å². The van der Waals surface area contributed by atoms with Crippen LogP contribution in [0.5, 0.6) is 5.75 Å². The van der Waals surface area contributed by atoms with Crippen molar-refractivity contribution < 1.29 is 9.53 Å². The van der Waals surface area contributed by atoms with Crippen LogP contribution in [0.15, 0.2) is 55.0 Å². The van der Waals surface area contributed by atoms with E-state index in [0.717, 1.165) is 21.7 Å². The molecule has 0 unspecified atom stereocenters. The Hall–Kier alpha value is -3.26. The second-order valence-electron chi connectivity index (χ2n) is 5.90. The third kappa shape index (κ3) is 3.39. The number of methoxy groups -OCH3 is 1. The number of nitrogens with zero attached hydrogens (tertiary/aromatic N) is 5. The van der Waals surface area contributed by atoms with Crippen LogP contribution in [0.2, 0.25) is 0 Å². The summed E-state index contributed by atoms with van der Waals surface area (Å²) in [7, 11) is 3.41. The standard InChI is InChI=1S/C19H17N5O2S/c1-23-10-9-21-17(23)18(25)24(12-13-5-3-4-8-20-13)19-22-15-11-14(26-2)6-7-16(15)27-19/h3-11H,12H2,1-2H3. The van der Waals surface area contributed by atoms with Gasteiger partial charge in [0, 0.05) is 31.7 Å². The molecule has 0 aliphatic carbocycles. The van der Waals surface area contributed by atoms with Crippen molar-refractivity contribution in [1.29, 1.82) is 0 Å². The first kappa shape index (κ1) is 17.2. The average molecular weight is 379 g/mol. The fourth-order valence-corrected chi connectivity index (χ4v) is 3.65. The highest BCUT2D eigenvalue weighted by Gasteiger charge is 2.25. The van der Waals surface area contributed by atoms with Gasteiger partial charge in [-0.3, -0.25) is 14.7 Å². The summed E-state index contributed by atoms with van der Waals surface area (Å²) in [6, 6.07) is 11.3. The van der Waals surface area contributed by atoms with Gasteiger partial charge in [0.05, 0.1) is 29.6 Å². The molecule has 4 aromatic rings. The maximum absolute atomic E-state index is 13.2. The lowest BCUT2D eigenvalue weighted by Gasteiger charge is -2.19. The summed E-state index contributed by atoms with van der Waals surface area (Å²) in [5.41, 5.74) is 1.56. The number of ether oxygens (including phenoxy) is 1. The molecule has 0 spiro atoms. The number of aromatic nitrogens is 4. The van der Waals surface area contributed by atoms with Crippen LogP contribution in [0.1, 0.15) is 16.3 Å². The van der Waals surface area contributed by atoms with Crippen LogP contribution < -0.4 is 9.64 Å². The normalized spacial score (nSPS) is 10.9. The molecular formula is C19H17N5O2S. The molecule has 0 radical (unpaired) electrons. The third-order valence-electron chi connectivity index (χ3n) is 4.12. The molecule has 3 heterocycles. The summed E-state index contributed by atoms with van der Waals surface area (Å²) < 4.78 is 7.95. The Morgan fingerprint density at radius 1 is 1.22 bits per heavy atom. The zero-order valence-corrected chi connectivity index (χ0v) is 15.7. The van der Waals surface area contributed by atoms with Crippen molar-refractivity contribution in [2.75, 3.05) is 12.0 Å². The van der Waals surface area contributed by atoms with Crippen molar-refractivity contribution in [2.45, 2.75) is 6.54 Å². The zero-order valence-electron chi connectivity index (χ0n) is 14.9. The molecule has 1 amide bonds. The van der Waals surface area contributed by atoms with Gasteiger partial charge in [0.15, 0.2) is 11.0 Å². The summed E-state index contributed by atoms with van der Waals surface area (Å²) in [6.45, 7) is 0.309. The van der Waals surface area contributed by atoms with Gasteiger partial charge in [-0.15, -0.1) is 0 Å². The van der Waals surface area contributed by atoms with E-state index < -0.39 is 0 Å². The SMILES string of the molecule is COc1ccc2sc(N(Cc3ccccn3)C(=O)c3nccn3C)nc2c1. The van der Waals surface area contributed by atoms with Crippen LogP contribution in [0.3, 0.4) is 0 Å². The molecule has 0 saturated heterocycles. The highest BCUT2D eigenvalue weighted by Crippen LogP contribution is 2.32. The van der Waals surface area contributed by atoms with Gasteiger partial charge in [-0.05, 0) is 24.3 Å². The van der Waals surface area contributed by atoms with Crippen molar-refractivity contribution >= 4 is 32.6 Å². The van der Waals surface area contributed by atoms with Crippen LogP contribution in [0, 0.1) is 0 Å². The third-order valence-corrected chi connectivity index (χ3v) is 5.18. The predicted molar refractivity (Wildman–Crippen MR) is 104 cm³/mol. The first-order chi connectivity index (χ1) is 13.2. The summed E-state index contributed by atoms with van der Waals surface area (Å²) in [6.07, 6.45) is 5.06. The first-order valence-electron chi connectivity index (χ1n) is 8.29. The van der Waals surface area contributed by atoms with Gasteiger partial charge in [0.25, 0.3) is 5.91 Å². The largest absolute Gasteiger partial charge is 0.497 e.